The minimum Gasteiger partial charge on any atom is -0.385 e. The fourth-order valence-corrected chi connectivity index (χ4v) is 4.65. The second kappa shape index (κ2) is 14.0. The van der Waals surface area contributed by atoms with Crippen molar-refractivity contribution in [2.75, 3.05) is 32.1 Å². The van der Waals surface area contributed by atoms with Gasteiger partial charge in [-0.3, -0.25) is 4.79 Å². The summed E-state index contributed by atoms with van der Waals surface area (Å²) in [6, 6.07) is 8.07. The number of benzene rings is 1. The molecule has 6 nitrogen and oxygen atoms in total. The Morgan fingerprint density at radius 3 is 2.59 bits per heavy atom. The highest BCUT2D eigenvalue weighted by Gasteiger charge is 2.36. The van der Waals surface area contributed by atoms with Crippen LogP contribution >= 0.6 is 24.0 Å². The van der Waals surface area contributed by atoms with Gasteiger partial charge in [0.15, 0.2) is 5.96 Å². The Balaban J connectivity index is 0.00000363. The van der Waals surface area contributed by atoms with Crippen LogP contribution in [0.5, 0.6) is 0 Å². The van der Waals surface area contributed by atoms with Crippen molar-refractivity contribution in [2.24, 2.45) is 16.3 Å². The van der Waals surface area contributed by atoms with E-state index < -0.39 is 0 Å². The van der Waals surface area contributed by atoms with E-state index in [1.54, 1.807) is 7.11 Å². The van der Waals surface area contributed by atoms with E-state index in [0.29, 0.717) is 12.0 Å². The van der Waals surface area contributed by atoms with Gasteiger partial charge in [0.1, 0.15) is 0 Å². The molecule has 1 aromatic carbocycles. The summed E-state index contributed by atoms with van der Waals surface area (Å²) < 4.78 is 5.31. The van der Waals surface area contributed by atoms with Crippen LogP contribution in [0.4, 0.5) is 5.69 Å². The number of halogens is 1. The highest BCUT2D eigenvalue weighted by Crippen LogP contribution is 2.43. The molecule has 2 saturated carbocycles. The second-order valence-electron chi connectivity index (χ2n) is 9.17. The largest absolute Gasteiger partial charge is 0.385 e. The molecule has 0 atom stereocenters. The van der Waals surface area contributed by atoms with Crippen LogP contribution in [0.25, 0.3) is 0 Å². The first-order chi connectivity index (χ1) is 15.1. The van der Waals surface area contributed by atoms with Crippen LogP contribution < -0.4 is 16.0 Å². The number of aliphatic imine (C=N–C) groups is 1. The van der Waals surface area contributed by atoms with Crippen LogP contribution in [-0.4, -0.2) is 38.7 Å². The van der Waals surface area contributed by atoms with E-state index in [0.717, 1.165) is 56.2 Å². The maximum Gasteiger partial charge on any atom is 0.227 e. The quantitative estimate of drug-likeness (QED) is 0.213. The Kier molecular flexibility index (Phi) is 11.8. The molecule has 1 amide bonds. The minimum atomic E-state index is 0. The van der Waals surface area contributed by atoms with E-state index in [4.69, 9.17) is 9.73 Å². The van der Waals surface area contributed by atoms with Crippen molar-refractivity contribution in [3.05, 3.63) is 29.8 Å². The summed E-state index contributed by atoms with van der Waals surface area (Å²) in [4.78, 5) is 17.3. The summed E-state index contributed by atoms with van der Waals surface area (Å²) >= 11 is 0. The molecular weight excluding hydrogens is 515 g/mol. The van der Waals surface area contributed by atoms with Crippen molar-refractivity contribution in [1.29, 1.82) is 0 Å². The third kappa shape index (κ3) is 8.21. The number of rotatable bonds is 10. The molecular formula is C25H41IN4O2. The summed E-state index contributed by atoms with van der Waals surface area (Å²) in [7, 11) is 1.77. The molecule has 0 unspecified atom stereocenters. The van der Waals surface area contributed by atoms with Gasteiger partial charge in [-0.2, -0.15) is 0 Å². The lowest BCUT2D eigenvalue weighted by molar-refractivity contribution is -0.120. The maximum atomic E-state index is 12.6. The molecule has 32 heavy (non-hydrogen) atoms. The normalized spacial score (nSPS) is 18.2. The van der Waals surface area contributed by atoms with Crippen molar-refractivity contribution in [3.63, 3.8) is 0 Å². The van der Waals surface area contributed by atoms with Gasteiger partial charge in [-0.25, -0.2) is 4.99 Å². The molecule has 2 aliphatic rings. The van der Waals surface area contributed by atoms with Crippen molar-refractivity contribution >= 4 is 41.5 Å². The average molecular weight is 557 g/mol. The number of carbonyl (C=O) groups excluding carboxylic acids is 1. The summed E-state index contributed by atoms with van der Waals surface area (Å²) in [5.41, 5.74) is 2.31. The third-order valence-corrected chi connectivity index (χ3v) is 6.82. The highest BCUT2D eigenvalue weighted by atomic mass is 127. The number of methoxy groups -OCH3 is 1. The van der Waals surface area contributed by atoms with Crippen LogP contribution in [0.2, 0.25) is 0 Å². The number of nitrogens with zero attached hydrogens (tertiary/aromatic N) is 1. The Morgan fingerprint density at radius 2 is 1.94 bits per heavy atom. The van der Waals surface area contributed by atoms with Gasteiger partial charge in [-0.15, -0.1) is 24.0 Å². The number of hydrogen-bond acceptors (Lipinski definition) is 3. The smallest absolute Gasteiger partial charge is 0.227 e. The van der Waals surface area contributed by atoms with Crippen LogP contribution in [0.1, 0.15) is 70.3 Å². The molecule has 1 aromatic rings. The Hall–Kier alpha value is -1.35. The van der Waals surface area contributed by atoms with Gasteiger partial charge in [0.25, 0.3) is 0 Å². The number of guanidine groups is 1. The van der Waals surface area contributed by atoms with Gasteiger partial charge in [0, 0.05) is 38.4 Å². The number of anilines is 1. The SMILES string of the molecule is CCNC(=NCc1cccc(NC(=O)C2CCCCC2)c1)NCC1(CCOC)CCC1.I. The van der Waals surface area contributed by atoms with Crippen molar-refractivity contribution in [2.45, 2.75) is 71.3 Å². The van der Waals surface area contributed by atoms with E-state index in [1.807, 2.05) is 18.2 Å². The fraction of sp³-hybridized carbons (Fsp3) is 0.680. The van der Waals surface area contributed by atoms with E-state index >= 15 is 0 Å². The molecule has 0 aliphatic heterocycles. The maximum absolute atomic E-state index is 12.6. The molecule has 0 radical (unpaired) electrons. The molecule has 3 rings (SSSR count). The minimum absolute atomic E-state index is 0. The van der Waals surface area contributed by atoms with E-state index in [-0.39, 0.29) is 35.8 Å². The molecule has 0 bridgehead atoms. The summed E-state index contributed by atoms with van der Waals surface area (Å²) in [5.74, 6) is 1.18. The Morgan fingerprint density at radius 1 is 1.16 bits per heavy atom. The van der Waals surface area contributed by atoms with E-state index in [9.17, 15) is 4.79 Å². The third-order valence-electron chi connectivity index (χ3n) is 6.82. The second-order valence-corrected chi connectivity index (χ2v) is 9.17. The molecule has 0 spiro atoms. The van der Waals surface area contributed by atoms with E-state index in [2.05, 4.69) is 28.9 Å². The molecule has 7 heteroatoms. The lowest BCUT2D eigenvalue weighted by Gasteiger charge is -2.42. The van der Waals surface area contributed by atoms with Gasteiger partial charge in [0.05, 0.1) is 6.54 Å². The lowest BCUT2D eigenvalue weighted by Crippen LogP contribution is -2.46. The highest BCUT2D eigenvalue weighted by molar-refractivity contribution is 14.0. The zero-order chi connectivity index (χ0) is 21.9. The van der Waals surface area contributed by atoms with Gasteiger partial charge >= 0.3 is 0 Å². The van der Waals surface area contributed by atoms with Gasteiger partial charge in [-0.1, -0.05) is 37.8 Å². The standard InChI is InChI=1S/C25H40N4O2.HI/c1-3-26-24(28-19-25(13-8-14-25)15-16-31-2)27-18-20-9-7-12-22(17-20)29-23(30)21-10-5-4-6-11-21;/h7,9,12,17,21H,3-6,8,10-11,13-16,18-19H2,1-2H3,(H,29,30)(H2,26,27,28);1H. The molecule has 0 saturated heterocycles. The first kappa shape index (κ1) is 26.9. The lowest BCUT2D eigenvalue weighted by atomic mass is 9.67. The monoisotopic (exact) mass is 556 g/mol. The molecule has 0 heterocycles. The van der Waals surface area contributed by atoms with Crippen molar-refractivity contribution in [1.82, 2.24) is 10.6 Å². The Labute approximate surface area is 210 Å². The number of carbonyl (C=O) groups is 1. The zero-order valence-electron chi connectivity index (χ0n) is 19.8. The van der Waals surface area contributed by atoms with Gasteiger partial charge < -0.3 is 20.7 Å². The first-order valence-corrected chi connectivity index (χ1v) is 12.0. The summed E-state index contributed by atoms with van der Waals surface area (Å²) in [5, 5.41) is 10.0. The zero-order valence-corrected chi connectivity index (χ0v) is 22.1. The van der Waals surface area contributed by atoms with Crippen LogP contribution in [0.15, 0.2) is 29.3 Å². The van der Waals surface area contributed by atoms with Gasteiger partial charge in [-0.05, 0) is 62.1 Å². The van der Waals surface area contributed by atoms with Crippen LogP contribution in [-0.2, 0) is 16.1 Å². The number of amides is 1. The average Bonchev–Trinajstić information content (AvgIpc) is 2.77. The predicted molar refractivity (Wildman–Crippen MR) is 143 cm³/mol. The predicted octanol–water partition coefficient (Wildman–Crippen LogP) is 5.09. The molecule has 3 N–H and O–H groups in total. The summed E-state index contributed by atoms with van der Waals surface area (Å²) in [6.07, 6.45) is 10.5. The Bertz CT molecular complexity index is 730. The number of ether oxygens (including phenoxy) is 1. The first-order valence-electron chi connectivity index (χ1n) is 12.0. The van der Waals surface area contributed by atoms with Crippen LogP contribution in [0.3, 0.4) is 0 Å². The summed E-state index contributed by atoms with van der Waals surface area (Å²) in [6.45, 7) is 5.24. The number of nitrogens with one attached hydrogen (secondary N) is 3. The molecule has 2 aliphatic carbocycles. The number of hydrogen-bond donors (Lipinski definition) is 3. The van der Waals surface area contributed by atoms with Gasteiger partial charge in [0.2, 0.25) is 5.91 Å². The van der Waals surface area contributed by atoms with Crippen molar-refractivity contribution in [3.8, 4) is 0 Å². The molecule has 180 valence electrons. The van der Waals surface area contributed by atoms with Crippen molar-refractivity contribution < 1.29 is 9.53 Å². The topological polar surface area (TPSA) is 74.8 Å². The molecule has 2 fully saturated rings. The van der Waals surface area contributed by atoms with Crippen LogP contribution in [0, 0.1) is 11.3 Å². The fourth-order valence-electron chi connectivity index (χ4n) is 4.65. The molecule has 0 aromatic heterocycles. The van der Waals surface area contributed by atoms with E-state index in [1.165, 1.54) is 38.5 Å².